The van der Waals surface area contributed by atoms with E-state index in [2.05, 4.69) is 28.2 Å². The molecule has 0 radical (unpaired) electrons. The first kappa shape index (κ1) is 13.6. The number of halogens is 1. The Labute approximate surface area is 109 Å². The van der Waals surface area contributed by atoms with Crippen molar-refractivity contribution in [2.45, 2.75) is 24.3 Å². The molecule has 1 atom stereocenters. The van der Waals surface area contributed by atoms with Crippen molar-refractivity contribution in [2.24, 2.45) is 0 Å². The number of benzene rings is 1. The zero-order valence-electron chi connectivity index (χ0n) is 9.50. The van der Waals surface area contributed by atoms with Crippen LogP contribution in [0.15, 0.2) is 29.2 Å². The number of carbonyl (C=O) groups excluding carboxylic acids is 1. The highest BCUT2D eigenvalue weighted by atomic mass is 79.9. The summed E-state index contributed by atoms with van der Waals surface area (Å²) >= 11 is 4.99. The maximum Gasteiger partial charge on any atom is 0.252 e. The monoisotopic (exact) mass is 301 g/mol. The number of hydrogen-bond donors (Lipinski definition) is 1. The second kappa shape index (κ2) is 6.97. The quantitative estimate of drug-likeness (QED) is 0.668. The smallest absolute Gasteiger partial charge is 0.252 e. The van der Waals surface area contributed by atoms with Gasteiger partial charge < -0.3 is 5.32 Å². The van der Waals surface area contributed by atoms with Gasteiger partial charge in [0.2, 0.25) is 0 Å². The second-order valence-electron chi connectivity index (χ2n) is 3.43. The third-order valence-electron chi connectivity index (χ3n) is 2.37. The summed E-state index contributed by atoms with van der Waals surface area (Å²) < 4.78 is 0. The Hall–Kier alpha value is -0.480. The Balaban J connectivity index is 2.79. The molecule has 0 saturated heterocycles. The molecule has 0 aromatic heterocycles. The number of nitrogens with one attached hydrogen (secondary N) is 1. The Morgan fingerprint density at radius 3 is 2.75 bits per heavy atom. The van der Waals surface area contributed by atoms with Gasteiger partial charge in [-0.25, -0.2) is 0 Å². The summed E-state index contributed by atoms with van der Waals surface area (Å²) in [6, 6.07) is 7.87. The normalized spacial score (nSPS) is 12.2. The Bertz CT molecular complexity index is 353. The average Bonchev–Trinajstić information content (AvgIpc) is 2.35. The fourth-order valence-electron chi connectivity index (χ4n) is 1.35. The van der Waals surface area contributed by atoms with Crippen molar-refractivity contribution < 1.29 is 4.79 Å². The number of hydrogen-bond acceptors (Lipinski definition) is 2. The average molecular weight is 302 g/mol. The van der Waals surface area contributed by atoms with Gasteiger partial charge in [0, 0.05) is 16.3 Å². The summed E-state index contributed by atoms with van der Waals surface area (Å²) in [7, 11) is 0. The van der Waals surface area contributed by atoms with E-state index in [1.807, 2.05) is 30.5 Å². The lowest BCUT2D eigenvalue weighted by atomic mass is 10.2. The van der Waals surface area contributed by atoms with E-state index in [4.69, 9.17) is 0 Å². The first-order chi connectivity index (χ1) is 7.72. The van der Waals surface area contributed by atoms with Crippen molar-refractivity contribution in [3.63, 3.8) is 0 Å². The van der Waals surface area contributed by atoms with Gasteiger partial charge in [0.1, 0.15) is 0 Å². The molecule has 4 heteroatoms. The minimum Gasteiger partial charge on any atom is -0.348 e. The van der Waals surface area contributed by atoms with Gasteiger partial charge in [0.05, 0.1) is 5.56 Å². The van der Waals surface area contributed by atoms with Crippen molar-refractivity contribution in [1.82, 2.24) is 5.32 Å². The van der Waals surface area contributed by atoms with Crippen molar-refractivity contribution in [3.8, 4) is 0 Å². The van der Waals surface area contributed by atoms with Gasteiger partial charge in [-0.1, -0.05) is 35.0 Å². The summed E-state index contributed by atoms with van der Waals surface area (Å²) in [4.78, 5) is 13.0. The SMILES string of the molecule is CCC(CBr)NC(=O)c1ccccc1SC. The van der Waals surface area contributed by atoms with Crippen LogP contribution < -0.4 is 5.32 Å². The minimum absolute atomic E-state index is 0.0104. The van der Waals surface area contributed by atoms with Gasteiger partial charge in [0.15, 0.2) is 0 Å². The molecule has 0 aliphatic carbocycles. The molecule has 16 heavy (non-hydrogen) atoms. The lowest BCUT2D eigenvalue weighted by molar-refractivity contribution is 0.0937. The van der Waals surface area contributed by atoms with Gasteiger partial charge in [0.25, 0.3) is 5.91 Å². The second-order valence-corrected chi connectivity index (χ2v) is 4.93. The number of thioether (sulfide) groups is 1. The molecule has 0 heterocycles. The van der Waals surface area contributed by atoms with Crippen LogP contribution in [0.25, 0.3) is 0 Å². The Kier molecular flexibility index (Phi) is 5.91. The Morgan fingerprint density at radius 2 is 2.19 bits per heavy atom. The van der Waals surface area contributed by atoms with Crippen LogP contribution in [-0.4, -0.2) is 23.5 Å². The van der Waals surface area contributed by atoms with E-state index in [-0.39, 0.29) is 11.9 Å². The van der Waals surface area contributed by atoms with Crippen molar-refractivity contribution in [2.75, 3.05) is 11.6 Å². The maximum absolute atomic E-state index is 12.0. The molecule has 0 spiro atoms. The molecule has 1 amide bonds. The third-order valence-corrected chi connectivity index (χ3v) is 3.94. The molecule has 1 unspecified atom stereocenters. The van der Waals surface area contributed by atoms with Gasteiger partial charge in [-0.3, -0.25) is 4.79 Å². The highest BCUT2D eigenvalue weighted by Crippen LogP contribution is 2.19. The summed E-state index contributed by atoms with van der Waals surface area (Å²) in [5.41, 5.74) is 0.759. The summed E-state index contributed by atoms with van der Waals surface area (Å²) in [5, 5.41) is 3.80. The van der Waals surface area contributed by atoms with Crippen LogP contribution in [0, 0.1) is 0 Å². The number of alkyl halides is 1. The highest BCUT2D eigenvalue weighted by Gasteiger charge is 2.13. The standard InChI is InChI=1S/C12H16BrNOS/c1-3-9(8-13)14-12(15)10-6-4-5-7-11(10)16-2/h4-7,9H,3,8H2,1-2H3,(H,14,15). The lowest BCUT2D eigenvalue weighted by Crippen LogP contribution is -2.35. The summed E-state index contributed by atoms with van der Waals surface area (Å²) in [5.74, 6) is 0.0104. The molecule has 2 nitrogen and oxygen atoms in total. The Morgan fingerprint density at radius 1 is 1.50 bits per heavy atom. The van der Waals surface area contributed by atoms with E-state index >= 15 is 0 Å². The molecule has 1 rings (SSSR count). The van der Waals surface area contributed by atoms with Crippen LogP contribution in [0.3, 0.4) is 0 Å². The first-order valence-electron chi connectivity index (χ1n) is 5.22. The molecular weight excluding hydrogens is 286 g/mol. The molecule has 1 aromatic carbocycles. The molecule has 0 saturated carbocycles. The van der Waals surface area contributed by atoms with Crippen LogP contribution in [0.4, 0.5) is 0 Å². The fraction of sp³-hybridized carbons (Fsp3) is 0.417. The van der Waals surface area contributed by atoms with E-state index in [0.29, 0.717) is 0 Å². The van der Waals surface area contributed by atoms with Crippen molar-refractivity contribution in [3.05, 3.63) is 29.8 Å². The zero-order chi connectivity index (χ0) is 12.0. The van der Waals surface area contributed by atoms with Crippen LogP contribution in [0.2, 0.25) is 0 Å². The molecule has 0 fully saturated rings. The predicted octanol–water partition coefficient (Wildman–Crippen LogP) is 3.31. The number of rotatable bonds is 5. The third kappa shape index (κ3) is 3.52. The van der Waals surface area contributed by atoms with E-state index in [9.17, 15) is 4.79 Å². The fourth-order valence-corrected chi connectivity index (χ4v) is 2.56. The number of amides is 1. The molecular formula is C12H16BrNOS. The summed E-state index contributed by atoms with van der Waals surface area (Å²) in [6.07, 6.45) is 2.91. The molecule has 0 aliphatic heterocycles. The molecule has 0 aliphatic rings. The van der Waals surface area contributed by atoms with Crippen LogP contribution >= 0.6 is 27.7 Å². The minimum atomic E-state index is 0.0104. The largest absolute Gasteiger partial charge is 0.348 e. The predicted molar refractivity (Wildman–Crippen MR) is 73.6 cm³/mol. The van der Waals surface area contributed by atoms with Gasteiger partial charge in [-0.15, -0.1) is 11.8 Å². The molecule has 0 bridgehead atoms. The molecule has 88 valence electrons. The van der Waals surface area contributed by atoms with E-state index < -0.39 is 0 Å². The van der Waals surface area contributed by atoms with Crippen molar-refractivity contribution >= 4 is 33.6 Å². The van der Waals surface area contributed by atoms with Crippen molar-refractivity contribution in [1.29, 1.82) is 0 Å². The van der Waals surface area contributed by atoms with Gasteiger partial charge >= 0.3 is 0 Å². The highest BCUT2D eigenvalue weighted by molar-refractivity contribution is 9.09. The van der Waals surface area contributed by atoms with E-state index in [1.165, 1.54) is 0 Å². The zero-order valence-corrected chi connectivity index (χ0v) is 11.9. The topological polar surface area (TPSA) is 29.1 Å². The van der Waals surface area contributed by atoms with Gasteiger partial charge in [-0.05, 0) is 24.8 Å². The molecule has 1 aromatic rings. The molecule has 1 N–H and O–H groups in total. The van der Waals surface area contributed by atoms with Crippen LogP contribution in [-0.2, 0) is 0 Å². The van der Waals surface area contributed by atoms with Crippen LogP contribution in [0.5, 0.6) is 0 Å². The summed E-state index contributed by atoms with van der Waals surface area (Å²) in [6.45, 7) is 2.06. The van der Waals surface area contributed by atoms with E-state index in [1.54, 1.807) is 11.8 Å². The maximum atomic E-state index is 12.0. The van der Waals surface area contributed by atoms with E-state index in [0.717, 1.165) is 22.2 Å². The number of carbonyl (C=O) groups is 1. The lowest BCUT2D eigenvalue weighted by Gasteiger charge is -2.15. The first-order valence-corrected chi connectivity index (χ1v) is 7.57. The van der Waals surface area contributed by atoms with Gasteiger partial charge in [-0.2, -0.15) is 0 Å². The van der Waals surface area contributed by atoms with Crippen LogP contribution in [0.1, 0.15) is 23.7 Å².